The highest BCUT2D eigenvalue weighted by atomic mass is 35.5. The van der Waals surface area contributed by atoms with Gasteiger partial charge in [0.25, 0.3) is 0 Å². The van der Waals surface area contributed by atoms with Crippen molar-refractivity contribution in [1.29, 1.82) is 0 Å². The molecule has 0 bridgehead atoms. The summed E-state index contributed by atoms with van der Waals surface area (Å²) in [4.78, 5) is 2.54. The molecule has 0 aromatic heterocycles. The predicted octanol–water partition coefficient (Wildman–Crippen LogP) is 5.47. The van der Waals surface area contributed by atoms with Crippen molar-refractivity contribution in [2.24, 2.45) is 0 Å². The monoisotopic (exact) mass is 359 g/mol. The van der Waals surface area contributed by atoms with Crippen LogP contribution in [0.4, 0.5) is 0 Å². The third-order valence-corrected chi connectivity index (χ3v) is 4.86. The van der Waals surface area contributed by atoms with Crippen LogP contribution in [0.15, 0.2) is 42.5 Å². The van der Waals surface area contributed by atoms with Gasteiger partial charge in [-0.2, -0.15) is 0 Å². The standard InChI is InChI=1S/C21H26ClNO2/c1-3-24-20-12-7-16(14-21(20)25-4-2)15-23-13-5-6-19(23)17-8-10-18(22)11-9-17/h7-12,14,19H,3-6,13,15H2,1-2H3. The van der Waals surface area contributed by atoms with Crippen LogP contribution in [0, 0.1) is 0 Å². The molecule has 0 radical (unpaired) electrons. The van der Waals surface area contributed by atoms with E-state index in [1.54, 1.807) is 0 Å². The molecule has 25 heavy (non-hydrogen) atoms. The van der Waals surface area contributed by atoms with Gasteiger partial charge in [0.15, 0.2) is 11.5 Å². The third kappa shape index (κ3) is 4.47. The predicted molar refractivity (Wildman–Crippen MR) is 103 cm³/mol. The number of hydrogen-bond donors (Lipinski definition) is 0. The van der Waals surface area contributed by atoms with Crippen LogP contribution in [0.25, 0.3) is 0 Å². The molecule has 0 amide bonds. The summed E-state index contributed by atoms with van der Waals surface area (Å²) in [6, 6.07) is 15.0. The Morgan fingerprint density at radius 1 is 1.00 bits per heavy atom. The first-order chi connectivity index (χ1) is 12.2. The first-order valence-corrected chi connectivity index (χ1v) is 9.47. The van der Waals surface area contributed by atoms with Crippen LogP contribution in [-0.4, -0.2) is 24.7 Å². The van der Waals surface area contributed by atoms with E-state index in [2.05, 4.69) is 29.2 Å². The third-order valence-electron chi connectivity index (χ3n) is 4.61. The molecule has 1 heterocycles. The number of rotatable bonds is 7. The molecule has 0 aliphatic carbocycles. The molecule has 0 N–H and O–H groups in total. The van der Waals surface area contributed by atoms with Crippen molar-refractivity contribution in [3.05, 3.63) is 58.6 Å². The van der Waals surface area contributed by atoms with E-state index >= 15 is 0 Å². The molecular weight excluding hydrogens is 334 g/mol. The molecule has 1 aliphatic rings. The van der Waals surface area contributed by atoms with Gasteiger partial charge in [0.1, 0.15) is 0 Å². The van der Waals surface area contributed by atoms with Gasteiger partial charge in [-0.15, -0.1) is 0 Å². The molecule has 1 fully saturated rings. The smallest absolute Gasteiger partial charge is 0.161 e. The van der Waals surface area contributed by atoms with E-state index in [4.69, 9.17) is 21.1 Å². The van der Waals surface area contributed by atoms with E-state index in [1.165, 1.54) is 24.0 Å². The second-order valence-electron chi connectivity index (χ2n) is 6.33. The fourth-order valence-electron chi connectivity index (χ4n) is 3.51. The van der Waals surface area contributed by atoms with E-state index < -0.39 is 0 Å². The van der Waals surface area contributed by atoms with E-state index in [9.17, 15) is 0 Å². The van der Waals surface area contributed by atoms with Crippen molar-refractivity contribution in [3.8, 4) is 11.5 Å². The molecule has 3 nitrogen and oxygen atoms in total. The normalized spacial score (nSPS) is 17.6. The Hall–Kier alpha value is -1.71. The van der Waals surface area contributed by atoms with Crippen molar-refractivity contribution in [2.75, 3.05) is 19.8 Å². The zero-order valence-corrected chi connectivity index (χ0v) is 15.8. The van der Waals surface area contributed by atoms with E-state index in [1.807, 2.05) is 32.0 Å². The molecule has 0 saturated carbocycles. The first-order valence-electron chi connectivity index (χ1n) is 9.09. The first kappa shape index (κ1) is 18.1. The van der Waals surface area contributed by atoms with Crippen molar-refractivity contribution in [3.63, 3.8) is 0 Å². The van der Waals surface area contributed by atoms with Gasteiger partial charge in [0.2, 0.25) is 0 Å². The Morgan fingerprint density at radius 2 is 1.72 bits per heavy atom. The molecular formula is C21H26ClNO2. The fraction of sp³-hybridized carbons (Fsp3) is 0.429. The minimum atomic E-state index is 0.458. The Bertz CT molecular complexity index is 687. The maximum Gasteiger partial charge on any atom is 0.161 e. The average molecular weight is 360 g/mol. The Labute approximate surface area is 155 Å². The van der Waals surface area contributed by atoms with E-state index in [0.29, 0.717) is 19.3 Å². The lowest BCUT2D eigenvalue weighted by Crippen LogP contribution is -2.22. The lowest BCUT2D eigenvalue weighted by Gasteiger charge is -2.25. The molecule has 1 unspecified atom stereocenters. The number of likely N-dealkylation sites (tertiary alicyclic amines) is 1. The highest BCUT2D eigenvalue weighted by Gasteiger charge is 2.26. The van der Waals surface area contributed by atoms with Crippen LogP contribution < -0.4 is 9.47 Å². The number of ether oxygens (including phenoxy) is 2. The minimum Gasteiger partial charge on any atom is -0.490 e. The van der Waals surface area contributed by atoms with Crippen LogP contribution in [0.3, 0.4) is 0 Å². The molecule has 3 rings (SSSR count). The highest BCUT2D eigenvalue weighted by Crippen LogP contribution is 2.35. The van der Waals surface area contributed by atoms with Gasteiger partial charge in [0, 0.05) is 17.6 Å². The molecule has 1 aliphatic heterocycles. The van der Waals surface area contributed by atoms with Crippen LogP contribution >= 0.6 is 11.6 Å². The van der Waals surface area contributed by atoms with Gasteiger partial charge in [-0.1, -0.05) is 29.8 Å². The maximum absolute atomic E-state index is 6.03. The minimum absolute atomic E-state index is 0.458. The van der Waals surface area contributed by atoms with Gasteiger partial charge in [-0.25, -0.2) is 0 Å². The van der Waals surface area contributed by atoms with Crippen LogP contribution in [0.2, 0.25) is 5.02 Å². The largest absolute Gasteiger partial charge is 0.490 e. The fourth-order valence-corrected chi connectivity index (χ4v) is 3.63. The number of halogens is 1. The van der Waals surface area contributed by atoms with Crippen LogP contribution in [0.1, 0.15) is 43.9 Å². The lowest BCUT2D eigenvalue weighted by atomic mass is 10.0. The van der Waals surface area contributed by atoms with Gasteiger partial charge in [-0.05, 0) is 68.6 Å². The zero-order chi connectivity index (χ0) is 17.6. The highest BCUT2D eigenvalue weighted by molar-refractivity contribution is 6.30. The zero-order valence-electron chi connectivity index (χ0n) is 15.0. The quantitative estimate of drug-likeness (QED) is 0.653. The number of hydrogen-bond acceptors (Lipinski definition) is 3. The summed E-state index contributed by atoms with van der Waals surface area (Å²) in [6.45, 7) is 7.30. The molecule has 1 saturated heterocycles. The summed E-state index contributed by atoms with van der Waals surface area (Å²) in [7, 11) is 0. The molecule has 4 heteroatoms. The van der Waals surface area contributed by atoms with Crippen molar-refractivity contribution < 1.29 is 9.47 Å². The molecule has 2 aromatic carbocycles. The Morgan fingerprint density at radius 3 is 2.44 bits per heavy atom. The van der Waals surface area contributed by atoms with E-state index in [0.717, 1.165) is 29.6 Å². The summed E-state index contributed by atoms with van der Waals surface area (Å²) in [5.74, 6) is 1.66. The topological polar surface area (TPSA) is 21.7 Å². The van der Waals surface area contributed by atoms with Crippen molar-refractivity contribution >= 4 is 11.6 Å². The Balaban J connectivity index is 1.76. The second-order valence-corrected chi connectivity index (χ2v) is 6.76. The summed E-state index contributed by atoms with van der Waals surface area (Å²) in [5.41, 5.74) is 2.60. The SMILES string of the molecule is CCOc1ccc(CN2CCCC2c2ccc(Cl)cc2)cc1OCC. The van der Waals surface area contributed by atoms with Crippen molar-refractivity contribution in [2.45, 2.75) is 39.3 Å². The number of benzene rings is 2. The van der Waals surface area contributed by atoms with Gasteiger partial charge in [-0.3, -0.25) is 4.90 Å². The number of nitrogens with zero attached hydrogens (tertiary/aromatic N) is 1. The second kappa shape index (κ2) is 8.59. The molecule has 1 atom stereocenters. The molecule has 0 spiro atoms. The van der Waals surface area contributed by atoms with Crippen LogP contribution in [-0.2, 0) is 6.54 Å². The van der Waals surface area contributed by atoms with Gasteiger partial charge >= 0.3 is 0 Å². The molecule has 2 aromatic rings. The lowest BCUT2D eigenvalue weighted by molar-refractivity contribution is 0.247. The summed E-state index contributed by atoms with van der Waals surface area (Å²) < 4.78 is 11.4. The summed E-state index contributed by atoms with van der Waals surface area (Å²) in [5, 5.41) is 0.793. The average Bonchev–Trinajstić information content (AvgIpc) is 3.06. The molecule has 134 valence electrons. The van der Waals surface area contributed by atoms with Gasteiger partial charge in [0.05, 0.1) is 13.2 Å². The Kier molecular flexibility index (Phi) is 6.22. The summed E-state index contributed by atoms with van der Waals surface area (Å²) in [6.07, 6.45) is 2.42. The maximum atomic E-state index is 6.03. The van der Waals surface area contributed by atoms with Crippen molar-refractivity contribution in [1.82, 2.24) is 4.90 Å². The van der Waals surface area contributed by atoms with E-state index in [-0.39, 0.29) is 0 Å². The van der Waals surface area contributed by atoms with Crippen LogP contribution in [0.5, 0.6) is 11.5 Å². The van der Waals surface area contributed by atoms with Gasteiger partial charge < -0.3 is 9.47 Å². The summed E-state index contributed by atoms with van der Waals surface area (Å²) >= 11 is 6.03.